The number of carbonyl (C=O) groups is 1. The number of ether oxygens (including phenoxy) is 1. The minimum atomic E-state index is -0.710. The summed E-state index contributed by atoms with van der Waals surface area (Å²) in [5.74, 6) is -1.02. The van der Waals surface area contributed by atoms with E-state index in [4.69, 9.17) is 9.84 Å². The Balaban J connectivity index is 1.97. The minimum absolute atomic E-state index is 0.118. The van der Waals surface area contributed by atoms with Crippen LogP contribution in [-0.2, 0) is 9.53 Å². The molecule has 0 bridgehead atoms. The molecule has 2 aliphatic rings. The van der Waals surface area contributed by atoms with E-state index in [-0.39, 0.29) is 12.0 Å². The van der Waals surface area contributed by atoms with E-state index in [1.165, 1.54) is 19.3 Å². The average Bonchev–Trinajstić information content (AvgIpc) is 2.67. The maximum Gasteiger partial charge on any atom is 0.310 e. The molecule has 0 aromatic rings. The van der Waals surface area contributed by atoms with Gasteiger partial charge in [0, 0.05) is 6.04 Å². The zero-order chi connectivity index (χ0) is 9.97. The Labute approximate surface area is 83.8 Å². The topological polar surface area (TPSA) is 49.8 Å². The van der Waals surface area contributed by atoms with Gasteiger partial charge in [-0.3, -0.25) is 9.69 Å². The van der Waals surface area contributed by atoms with Gasteiger partial charge in [0.15, 0.2) is 0 Å². The van der Waals surface area contributed by atoms with Gasteiger partial charge in [0.1, 0.15) is 0 Å². The van der Waals surface area contributed by atoms with Crippen molar-refractivity contribution in [2.45, 2.75) is 25.3 Å². The van der Waals surface area contributed by atoms with E-state index in [1.54, 1.807) is 0 Å². The van der Waals surface area contributed by atoms with Crippen LogP contribution >= 0.6 is 0 Å². The third kappa shape index (κ3) is 1.91. The number of aliphatic carboxylic acids is 1. The highest BCUT2D eigenvalue weighted by Gasteiger charge is 2.38. The highest BCUT2D eigenvalue weighted by Crippen LogP contribution is 2.23. The first-order chi connectivity index (χ1) is 6.79. The zero-order valence-electron chi connectivity index (χ0n) is 8.32. The normalized spacial score (nSPS) is 34.6. The monoisotopic (exact) mass is 199 g/mol. The summed E-state index contributed by atoms with van der Waals surface area (Å²) in [5.41, 5.74) is 0. The molecule has 0 amide bonds. The second-order valence-electron chi connectivity index (χ2n) is 4.15. The molecular weight excluding hydrogens is 182 g/mol. The second kappa shape index (κ2) is 4.28. The highest BCUT2D eigenvalue weighted by atomic mass is 16.5. The molecule has 80 valence electrons. The molecule has 2 aliphatic heterocycles. The molecule has 2 saturated heterocycles. The number of likely N-dealkylation sites (tertiary alicyclic amines) is 1. The van der Waals surface area contributed by atoms with Gasteiger partial charge in [-0.15, -0.1) is 0 Å². The van der Waals surface area contributed by atoms with Crippen molar-refractivity contribution in [3.8, 4) is 0 Å². The first-order valence-corrected chi connectivity index (χ1v) is 5.33. The number of carboxylic acid groups (broad SMARTS) is 1. The number of nitrogens with zero attached hydrogens (tertiary/aromatic N) is 1. The predicted octanol–water partition coefficient (Wildman–Crippen LogP) is 0.572. The van der Waals surface area contributed by atoms with E-state index in [0.29, 0.717) is 13.2 Å². The molecule has 0 spiro atoms. The van der Waals surface area contributed by atoms with Gasteiger partial charge in [-0.05, 0) is 25.9 Å². The second-order valence-corrected chi connectivity index (χ2v) is 4.15. The van der Waals surface area contributed by atoms with Gasteiger partial charge in [-0.1, -0.05) is 6.42 Å². The quantitative estimate of drug-likeness (QED) is 0.706. The van der Waals surface area contributed by atoms with Crippen LogP contribution in [-0.4, -0.2) is 48.3 Å². The van der Waals surface area contributed by atoms with Crippen molar-refractivity contribution in [2.24, 2.45) is 5.92 Å². The van der Waals surface area contributed by atoms with Crippen LogP contribution in [0, 0.1) is 5.92 Å². The summed E-state index contributed by atoms with van der Waals surface area (Å²) in [4.78, 5) is 13.2. The number of hydrogen-bond donors (Lipinski definition) is 1. The Morgan fingerprint density at radius 1 is 1.21 bits per heavy atom. The van der Waals surface area contributed by atoms with Crippen LogP contribution in [0.3, 0.4) is 0 Å². The van der Waals surface area contributed by atoms with E-state index < -0.39 is 5.97 Å². The Hall–Kier alpha value is -0.610. The number of rotatable bonds is 2. The first kappa shape index (κ1) is 9.93. The predicted molar refractivity (Wildman–Crippen MR) is 51.2 cm³/mol. The number of hydrogen-bond acceptors (Lipinski definition) is 3. The lowest BCUT2D eigenvalue weighted by Crippen LogP contribution is -2.45. The maximum atomic E-state index is 10.9. The first-order valence-electron chi connectivity index (χ1n) is 5.33. The van der Waals surface area contributed by atoms with Crippen LogP contribution in [0.5, 0.6) is 0 Å². The fraction of sp³-hybridized carbons (Fsp3) is 0.900. The standard InChI is InChI=1S/C10H17NO3/c12-10(13)8-6-14-7-9(8)11-4-2-1-3-5-11/h8-9H,1-7H2,(H,12,13). The molecular formula is C10H17NO3. The van der Waals surface area contributed by atoms with Crippen molar-refractivity contribution in [1.29, 1.82) is 0 Å². The third-order valence-electron chi connectivity index (χ3n) is 3.23. The fourth-order valence-electron chi connectivity index (χ4n) is 2.39. The molecule has 2 heterocycles. The molecule has 0 saturated carbocycles. The summed E-state index contributed by atoms with van der Waals surface area (Å²) in [5, 5.41) is 9.01. The molecule has 14 heavy (non-hydrogen) atoms. The van der Waals surface area contributed by atoms with E-state index in [1.807, 2.05) is 0 Å². The average molecular weight is 199 g/mol. The van der Waals surface area contributed by atoms with Crippen molar-refractivity contribution >= 4 is 5.97 Å². The summed E-state index contributed by atoms with van der Waals surface area (Å²) in [6.45, 7) is 3.06. The summed E-state index contributed by atoms with van der Waals surface area (Å²) in [6.07, 6.45) is 3.67. The van der Waals surface area contributed by atoms with Crippen molar-refractivity contribution < 1.29 is 14.6 Å². The van der Waals surface area contributed by atoms with E-state index in [9.17, 15) is 4.79 Å². The summed E-state index contributed by atoms with van der Waals surface area (Å²) >= 11 is 0. The minimum Gasteiger partial charge on any atom is -0.481 e. The van der Waals surface area contributed by atoms with E-state index >= 15 is 0 Å². The molecule has 2 fully saturated rings. The smallest absolute Gasteiger partial charge is 0.310 e. The van der Waals surface area contributed by atoms with Gasteiger partial charge in [0.25, 0.3) is 0 Å². The van der Waals surface area contributed by atoms with Gasteiger partial charge < -0.3 is 9.84 Å². The van der Waals surface area contributed by atoms with E-state index in [2.05, 4.69) is 4.90 Å². The van der Waals surface area contributed by atoms with E-state index in [0.717, 1.165) is 13.1 Å². The van der Waals surface area contributed by atoms with Crippen molar-refractivity contribution in [2.75, 3.05) is 26.3 Å². The largest absolute Gasteiger partial charge is 0.481 e. The Morgan fingerprint density at radius 3 is 2.57 bits per heavy atom. The Kier molecular flexibility index (Phi) is 3.03. The fourth-order valence-corrected chi connectivity index (χ4v) is 2.39. The van der Waals surface area contributed by atoms with Crippen LogP contribution in [0.15, 0.2) is 0 Å². The van der Waals surface area contributed by atoms with Gasteiger partial charge in [0.05, 0.1) is 19.1 Å². The van der Waals surface area contributed by atoms with Gasteiger partial charge in [-0.25, -0.2) is 0 Å². The molecule has 4 heteroatoms. The lowest BCUT2D eigenvalue weighted by molar-refractivity contribution is -0.143. The molecule has 2 rings (SSSR count). The van der Waals surface area contributed by atoms with Crippen molar-refractivity contribution in [1.82, 2.24) is 4.90 Å². The molecule has 0 radical (unpaired) electrons. The summed E-state index contributed by atoms with van der Waals surface area (Å²) in [7, 11) is 0. The van der Waals surface area contributed by atoms with Crippen LogP contribution in [0.25, 0.3) is 0 Å². The van der Waals surface area contributed by atoms with Crippen LogP contribution in [0.4, 0.5) is 0 Å². The molecule has 1 N–H and O–H groups in total. The van der Waals surface area contributed by atoms with Gasteiger partial charge in [0.2, 0.25) is 0 Å². The van der Waals surface area contributed by atoms with Crippen LogP contribution in [0.2, 0.25) is 0 Å². The molecule has 2 unspecified atom stereocenters. The Morgan fingerprint density at radius 2 is 1.93 bits per heavy atom. The molecule has 4 nitrogen and oxygen atoms in total. The summed E-state index contributed by atoms with van der Waals surface area (Å²) in [6, 6.07) is 0.118. The number of piperidine rings is 1. The highest BCUT2D eigenvalue weighted by molar-refractivity contribution is 5.71. The molecule has 0 aromatic heterocycles. The van der Waals surface area contributed by atoms with Crippen LogP contribution < -0.4 is 0 Å². The van der Waals surface area contributed by atoms with Crippen molar-refractivity contribution in [3.63, 3.8) is 0 Å². The Bertz CT molecular complexity index is 213. The molecule has 2 atom stereocenters. The SMILES string of the molecule is O=C(O)C1COCC1N1CCCCC1. The zero-order valence-corrected chi connectivity index (χ0v) is 8.32. The lowest BCUT2D eigenvalue weighted by Gasteiger charge is -2.33. The third-order valence-corrected chi connectivity index (χ3v) is 3.23. The van der Waals surface area contributed by atoms with Gasteiger partial charge >= 0.3 is 5.97 Å². The number of carboxylic acids is 1. The lowest BCUT2D eigenvalue weighted by atomic mass is 9.99. The molecule has 0 aromatic carbocycles. The molecule has 0 aliphatic carbocycles. The van der Waals surface area contributed by atoms with Gasteiger partial charge in [-0.2, -0.15) is 0 Å². The summed E-state index contributed by atoms with van der Waals surface area (Å²) < 4.78 is 5.26. The van der Waals surface area contributed by atoms with Crippen molar-refractivity contribution in [3.05, 3.63) is 0 Å². The maximum absolute atomic E-state index is 10.9. The van der Waals surface area contributed by atoms with Crippen LogP contribution in [0.1, 0.15) is 19.3 Å².